The number of para-hydroxylation sites is 1. The van der Waals surface area contributed by atoms with Gasteiger partial charge in [0.25, 0.3) is 5.89 Å². The lowest BCUT2D eigenvalue weighted by atomic mass is 9.96. The first kappa shape index (κ1) is 16.8. The van der Waals surface area contributed by atoms with Crippen LogP contribution in [-0.4, -0.2) is 39.1 Å². The molecule has 1 aliphatic rings. The van der Waals surface area contributed by atoms with E-state index in [1.165, 1.54) is 0 Å². The number of likely N-dealkylation sites (tertiary alicyclic amines) is 1. The molecular formula is C21H20N4O3. The molecule has 142 valence electrons. The Morgan fingerprint density at radius 3 is 2.82 bits per heavy atom. The van der Waals surface area contributed by atoms with Gasteiger partial charge in [0.2, 0.25) is 11.8 Å². The van der Waals surface area contributed by atoms with E-state index in [2.05, 4.69) is 15.2 Å². The standard InChI is InChI=1S/C21H20N4O3/c26-19(12-15-13-22-17-5-2-1-4-16(15)17)25-9-7-14(8-10-25)20-23-24-21(28-20)18-6-3-11-27-18/h1-6,11,13-14,22H,7-10,12H2. The highest BCUT2D eigenvalue weighted by molar-refractivity contribution is 5.88. The normalized spacial score (nSPS) is 15.4. The van der Waals surface area contributed by atoms with Crippen LogP contribution >= 0.6 is 0 Å². The predicted octanol–water partition coefficient (Wildman–Crippen LogP) is 3.76. The molecule has 1 aliphatic heterocycles. The van der Waals surface area contributed by atoms with E-state index in [0.29, 0.717) is 37.1 Å². The van der Waals surface area contributed by atoms with Crippen molar-refractivity contribution in [1.29, 1.82) is 0 Å². The zero-order valence-corrected chi connectivity index (χ0v) is 15.3. The van der Waals surface area contributed by atoms with E-state index in [1.807, 2.05) is 35.4 Å². The Hall–Kier alpha value is -3.35. The van der Waals surface area contributed by atoms with E-state index in [-0.39, 0.29) is 11.8 Å². The van der Waals surface area contributed by atoms with Crippen LogP contribution in [0.25, 0.3) is 22.6 Å². The van der Waals surface area contributed by atoms with E-state index >= 15 is 0 Å². The van der Waals surface area contributed by atoms with E-state index in [4.69, 9.17) is 8.83 Å². The first-order valence-corrected chi connectivity index (χ1v) is 9.48. The van der Waals surface area contributed by atoms with Crippen LogP contribution in [0.3, 0.4) is 0 Å². The fourth-order valence-electron chi connectivity index (χ4n) is 3.83. The summed E-state index contributed by atoms with van der Waals surface area (Å²) in [4.78, 5) is 17.9. The number of nitrogens with one attached hydrogen (secondary N) is 1. The van der Waals surface area contributed by atoms with Crippen LogP contribution in [0.1, 0.15) is 30.2 Å². The quantitative estimate of drug-likeness (QED) is 0.586. The molecule has 0 aliphatic carbocycles. The van der Waals surface area contributed by atoms with Crippen molar-refractivity contribution in [2.75, 3.05) is 13.1 Å². The third-order valence-electron chi connectivity index (χ3n) is 5.39. The molecule has 1 aromatic carbocycles. The second-order valence-electron chi connectivity index (χ2n) is 7.11. The Morgan fingerprint density at radius 2 is 2.00 bits per heavy atom. The third kappa shape index (κ3) is 3.09. The zero-order chi connectivity index (χ0) is 18.9. The van der Waals surface area contributed by atoms with Crippen molar-refractivity contribution in [2.45, 2.75) is 25.2 Å². The molecule has 0 radical (unpaired) electrons. The number of hydrogen-bond donors (Lipinski definition) is 1. The summed E-state index contributed by atoms with van der Waals surface area (Å²) in [6, 6.07) is 11.6. The van der Waals surface area contributed by atoms with Gasteiger partial charge >= 0.3 is 0 Å². The summed E-state index contributed by atoms with van der Waals surface area (Å²) in [6.07, 6.45) is 5.57. The minimum absolute atomic E-state index is 0.157. The molecule has 1 amide bonds. The monoisotopic (exact) mass is 376 g/mol. The number of piperidine rings is 1. The number of aromatic amines is 1. The molecule has 3 aromatic heterocycles. The summed E-state index contributed by atoms with van der Waals surface area (Å²) in [7, 11) is 0. The van der Waals surface area contributed by atoms with E-state index < -0.39 is 0 Å². The molecule has 5 rings (SSSR count). The maximum absolute atomic E-state index is 12.8. The summed E-state index contributed by atoms with van der Waals surface area (Å²) < 4.78 is 11.1. The maximum atomic E-state index is 12.8. The third-order valence-corrected chi connectivity index (χ3v) is 5.39. The van der Waals surface area contributed by atoms with Crippen LogP contribution in [0.2, 0.25) is 0 Å². The van der Waals surface area contributed by atoms with Gasteiger partial charge in [-0.2, -0.15) is 0 Å². The Labute approximate surface area is 161 Å². The smallest absolute Gasteiger partial charge is 0.283 e. The SMILES string of the molecule is O=C(Cc1c[nH]c2ccccc12)N1CCC(c2nnc(-c3ccco3)o2)CC1. The minimum Gasteiger partial charge on any atom is -0.459 e. The van der Waals surface area contributed by atoms with Crippen molar-refractivity contribution < 1.29 is 13.6 Å². The van der Waals surface area contributed by atoms with Crippen LogP contribution in [-0.2, 0) is 11.2 Å². The molecule has 0 atom stereocenters. The van der Waals surface area contributed by atoms with Crippen LogP contribution in [0.5, 0.6) is 0 Å². The van der Waals surface area contributed by atoms with Gasteiger partial charge in [-0.1, -0.05) is 18.2 Å². The Balaban J connectivity index is 1.21. The summed E-state index contributed by atoms with van der Waals surface area (Å²) in [5.41, 5.74) is 2.11. The molecule has 4 aromatic rings. The number of amides is 1. The molecule has 1 fully saturated rings. The fraction of sp³-hybridized carbons (Fsp3) is 0.286. The molecule has 0 spiro atoms. The summed E-state index contributed by atoms with van der Waals surface area (Å²) in [5, 5.41) is 9.36. The number of nitrogens with zero attached hydrogens (tertiary/aromatic N) is 3. The number of benzene rings is 1. The molecule has 1 N–H and O–H groups in total. The second kappa shape index (κ2) is 6.99. The highest BCUT2D eigenvalue weighted by atomic mass is 16.4. The average molecular weight is 376 g/mol. The fourth-order valence-corrected chi connectivity index (χ4v) is 3.83. The Kier molecular flexibility index (Phi) is 4.20. The number of hydrogen-bond acceptors (Lipinski definition) is 5. The van der Waals surface area contributed by atoms with Crippen LogP contribution in [0, 0.1) is 0 Å². The maximum Gasteiger partial charge on any atom is 0.283 e. The van der Waals surface area contributed by atoms with Crippen molar-refractivity contribution in [3.63, 3.8) is 0 Å². The minimum atomic E-state index is 0.157. The molecule has 0 unspecified atom stereocenters. The lowest BCUT2D eigenvalue weighted by Crippen LogP contribution is -2.38. The molecule has 7 nitrogen and oxygen atoms in total. The molecule has 0 saturated carbocycles. The molecular weight excluding hydrogens is 356 g/mol. The van der Waals surface area contributed by atoms with E-state index in [0.717, 1.165) is 29.3 Å². The predicted molar refractivity (Wildman–Crippen MR) is 103 cm³/mol. The zero-order valence-electron chi connectivity index (χ0n) is 15.3. The Morgan fingerprint density at radius 1 is 1.14 bits per heavy atom. The van der Waals surface area contributed by atoms with Crippen LogP contribution < -0.4 is 0 Å². The highest BCUT2D eigenvalue weighted by Gasteiger charge is 2.28. The lowest BCUT2D eigenvalue weighted by Gasteiger charge is -2.30. The highest BCUT2D eigenvalue weighted by Crippen LogP contribution is 2.30. The van der Waals surface area contributed by atoms with Gasteiger partial charge in [-0.3, -0.25) is 4.79 Å². The van der Waals surface area contributed by atoms with Gasteiger partial charge in [-0.25, -0.2) is 0 Å². The van der Waals surface area contributed by atoms with E-state index in [1.54, 1.807) is 18.4 Å². The molecule has 4 heterocycles. The van der Waals surface area contributed by atoms with Crippen molar-refractivity contribution in [3.8, 4) is 11.7 Å². The van der Waals surface area contributed by atoms with Gasteiger partial charge in [0.1, 0.15) is 0 Å². The number of furan rings is 1. The number of H-pyrrole nitrogens is 1. The molecule has 0 bridgehead atoms. The van der Waals surface area contributed by atoms with Crippen molar-refractivity contribution in [1.82, 2.24) is 20.1 Å². The van der Waals surface area contributed by atoms with Crippen molar-refractivity contribution in [2.24, 2.45) is 0 Å². The van der Waals surface area contributed by atoms with Crippen molar-refractivity contribution in [3.05, 3.63) is 60.3 Å². The number of carbonyl (C=O) groups is 1. The summed E-state index contributed by atoms with van der Waals surface area (Å²) >= 11 is 0. The van der Waals surface area contributed by atoms with E-state index in [9.17, 15) is 4.79 Å². The molecule has 28 heavy (non-hydrogen) atoms. The lowest BCUT2D eigenvalue weighted by molar-refractivity contribution is -0.131. The van der Waals surface area contributed by atoms with Gasteiger partial charge in [0.05, 0.1) is 12.7 Å². The largest absolute Gasteiger partial charge is 0.459 e. The average Bonchev–Trinajstić information content (AvgIpc) is 3.49. The second-order valence-corrected chi connectivity index (χ2v) is 7.11. The first-order valence-electron chi connectivity index (χ1n) is 9.48. The number of carbonyl (C=O) groups excluding carboxylic acids is 1. The Bertz CT molecular complexity index is 1090. The van der Waals surface area contributed by atoms with Gasteiger partial charge in [-0.15, -0.1) is 10.2 Å². The summed E-state index contributed by atoms with van der Waals surface area (Å²) in [6.45, 7) is 1.40. The van der Waals surface area contributed by atoms with Crippen molar-refractivity contribution >= 4 is 16.8 Å². The van der Waals surface area contributed by atoms with Gasteiger partial charge in [-0.05, 0) is 36.6 Å². The summed E-state index contributed by atoms with van der Waals surface area (Å²) in [5.74, 6) is 1.93. The topological polar surface area (TPSA) is 88.2 Å². The molecule has 1 saturated heterocycles. The van der Waals surface area contributed by atoms with Gasteiger partial charge < -0.3 is 18.7 Å². The number of fused-ring (bicyclic) bond motifs is 1. The van der Waals surface area contributed by atoms with Crippen LogP contribution in [0.4, 0.5) is 0 Å². The number of rotatable bonds is 4. The van der Waals surface area contributed by atoms with Crippen LogP contribution in [0.15, 0.2) is 57.7 Å². The van der Waals surface area contributed by atoms with Gasteiger partial charge in [0.15, 0.2) is 5.76 Å². The molecule has 7 heteroatoms. The number of aromatic nitrogens is 3. The van der Waals surface area contributed by atoms with Gasteiger partial charge in [0, 0.05) is 36.1 Å². The first-order chi connectivity index (χ1) is 13.8.